The van der Waals surface area contributed by atoms with Crippen LogP contribution in [0.4, 0.5) is 0 Å². The van der Waals surface area contributed by atoms with Crippen molar-refractivity contribution in [2.75, 3.05) is 6.54 Å². The van der Waals surface area contributed by atoms with Crippen LogP contribution < -0.4 is 5.32 Å². The molecule has 0 saturated carbocycles. The van der Waals surface area contributed by atoms with Gasteiger partial charge in [-0.1, -0.05) is 41.5 Å². The molecule has 98 valence electrons. The van der Waals surface area contributed by atoms with Crippen LogP contribution in [0.15, 0.2) is 0 Å². The van der Waals surface area contributed by atoms with Gasteiger partial charge in [0.05, 0.1) is 0 Å². The van der Waals surface area contributed by atoms with Gasteiger partial charge in [0.1, 0.15) is 0 Å². The lowest BCUT2D eigenvalue weighted by Crippen LogP contribution is -2.29. The van der Waals surface area contributed by atoms with Crippen LogP contribution in [0.5, 0.6) is 0 Å². The lowest BCUT2D eigenvalue weighted by Gasteiger charge is -2.24. The minimum atomic E-state index is 0.475. The summed E-state index contributed by atoms with van der Waals surface area (Å²) < 4.78 is 0. The van der Waals surface area contributed by atoms with Crippen LogP contribution in [0.1, 0.15) is 67.7 Å². The average molecular weight is 227 g/mol. The quantitative estimate of drug-likeness (QED) is 0.676. The average Bonchev–Trinajstić information content (AvgIpc) is 1.98. The van der Waals surface area contributed by atoms with E-state index < -0.39 is 0 Å². The van der Waals surface area contributed by atoms with Crippen LogP contribution in [-0.2, 0) is 0 Å². The molecule has 0 aliphatic carbocycles. The number of hydrogen-bond donors (Lipinski definition) is 1. The molecule has 0 aromatic carbocycles. The third-order valence-electron chi connectivity index (χ3n) is 2.92. The van der Waals surface area contributed by atoms with Crippen molar-refractivity contribution in [1.29, 1.82) is 0 Å². The topological polar surface area (TPSA) is 12.0 Å². The van der Waals surface area contributed by atoms with Gasteiger partial charge in [0.25, 0.3) is 0 Å². The lowest BCUT2D eigenvalue weighted by molar-refractivity contribution is 0.291. The van der Waals surface area contributed by atoms with E-state index in [1.807, 2.05) is 0 Å². The molecule has 0 radical (unpaired) electrons. The second-order valence-corrected chi connectivity index (χ2v) is 7.14. The summed E-state index contributed by atoms with van der Waals surface area (Å²) in [5.74, 6) is 1.63. The van der Waals surface area contributed by atoms with E-state index in [9.17, 15) is 0 Å². The highest BCUT2D eigenvalue weighted by Gasteiger charge is 2.15. The monoisotopic (exact) mass is 227 g/mol. The highest BCUT2D eigenvalue weighted by atomic mass is 14.9. The first-order valence-electron chi connectivity index (χ1n) is 6.94. The van der Waals surface area contributed by atoms with Crippen molar-refractivity contribution < 1.29 is 0 Å². The van der Waals surface area contributed by atoms with Gasteiger partial charge in [0, 0.05) is 6.04 Å². The Kier molecular flexibility index (Phi) is 7.30. The molecular weight excluding hydrogens is 194 g/mol. The third-order valence-corrected chi connectivity index (χ3v) is 2.92. The van der Waals surface area contributed by atoms with Gasteiger partial charge < -0.3 is 5.32 Å². The van der Waals surface area contributed by atoms with Crippen LogP contribution in [0.3, 0.4) is 0 Å². The Balaban J connectivity index is 3.58. The predicted molar refractivity (Wildman–Crippen MR) is 74.8 cm³/mol. The molecule has 2 atom stereocenters. The van der Waals surface area contributed by atoms with Crippen LogP contribution >= 0.6 is 0 Å². The van der Waals surface area contributed by atoms with Gasteiger partial charge in [0.15, 0.2) is 0 Å². The fraction of sp³-hybridized carbons (Fsp3) is 1.00. The van der Waals surface area contributed by atoms with Gasteiger partial charge in [-0.05, 0) is 50.0 Å². The zero-order chi connectivity index (χ0) is 12.8. The van der Waals surface area contributed by atoms with E-state index in [-0.39, 0.29) is 0 Å². The molecule has 1 heteroatoms. The van der Waals surface area contributed by atoms with E-state index in [2.05, 4.69) is 53.8 Å². The van der Waals surface area contributed by atoms with E-state index in [1.54, 1.807) is 0 Å². The molecule has 0 saturated heterocycles. The van der Waals surface area contributed by atoms with E-state index in [0.29, 0.717) is 11.5 Å². The number of hydrogen-bond acceptors (Lipinski definition) is 1. The van der Waals surface area contributed by atoms with Crippen molar-refractivity contribution in [2.45, 2.75) is 73.8 Å². The molecule has 0 amide bonds. The molecule has 0 fully saturated rings. The molecule has 1 nitrogen and oxygen atoms in total. The molecule has 1 unspecified atom stereocenters. The third kappa shape index (κ3) is 10.5. The first-order chi connectivity index (χ1) is 7.20. The van der Waals surface area contributed by atoms with Gasteiger partial charge in [0.2, 0.25) is 0 Å². The van der Waals surface area contributed by atoms with Gasteiger partial charge in [-0.25, -0.2) is 0 Å². The Labute approximate surface area is 103 Å². The van der Waals surface area contributed by atoms with Gasteiger partial charge >= 0.3 is 0 Å². The van der Waals surface area contributed by atoms with Gasteiger partial charge in [-0.2, -0.15) is 0 Å². The smallest absolute Gasteiger partial charge is 0.00411 e. The molecule has 16 heavy (non-hydrogen) atoms. The summed E-state index contributed by atoms with van der Waals surface area (Å²) in [6.07, 6.45) is 3.92. The standard InChI is InChI=1S/C15H33N/c1-12(2)10-14(4)16-9-8-13(3)11-15(5,6)7/h12-14,16H,8-11H2,1-7H3/t13?,14-/m0/s1. The molecule has 1 N–H and O–H groups in total. The molecular formula is C15H33N. The summed E-state index contributed by atoms with van der Waals surface area (Å²) in [4.78, 5) is 0. The molecule has 0 bridgehead atoms. The normalized spacial score (nSPS) is 16.5. The van der Waals surface area contributed by atoms with Crippen LogP contribution in [0.2, 0.25) is 0 Å². The van der Waals surface area contributed by atoms with Crippen molar-refractivity contribution in [3.05, 3.63) is 0 Å². The lowest BCUT2D eigenvalue weighted by atomic mass is 9.84. The predicted octanol–water partition coefficient (Wildman–Crippen LogP) is 4.47. The molecule has 0 aliphatic rings. The highest BCUT2D eigenvalue weighted by molar-refractivity contribution is 4.69. The van der Waals surface area contributed by atoms with Crippen LogP contribution in [-0.4, -0.2) is 12.6 Å². The summed E-state index contributed by atoms with van der Waals surface area (Å²) in [6, 6.07) is 0.668. The Hall–Kier alpha value is -0.0400. The largest absolute Gasteiger partial charge is 0.314 e. The summed E-state index contributed by atoms with van der Waals surface area (Å²) in [7, 11) is 0. The summed E-state index contributed by atoms with van der Waals surface area (Å²) in [5.41, 5.74) is 0.475. The summed E-state index contributed by atoms with van der Waals surface area (Å²) in [6.45, 7) is 17.4. The van der Waals surface area contributed by atoms with Crippen molar-refractivity contribution in [1.82, 2.24) is 5.32 Å². The second-order valence-electron chi connectivity index (χ2n) is 7.14. The molecule has 0 aromatic heterocycles. The SMILES string of the molecule is CC(C)C[C@H](C)NCCC(C)CC(C)(C)C. The summed E-state index contributed by atoms with van der Waals surface area (Å²) >= 11 is 0. The van der Waals surface area contributed by atoms with Crippen LogP contribution in [0, 0.1) is 17.3 Å². The maximum Gasteiger partial charge on any atom is 0.00411 e. The fourth-order valence-electron chi connectivity index (χ4n) is 2.51. The molecule has 0 rings (SSSR count). The highest BCUT2D eigenvalue weighted by Crippen LogP contribution is 2.25. The van der Waals surface area contributed by atoms with E-state index in [0.717, 1.165) is 11.8 Å². The Morgan fingerprint density at radius 2 is 1.56 bits per heavy atom. The second kappa shape index (κ2) is 7.32. The molecule has 0 heterocycles. The van der Waals surface area contributed by atoms with Crippen LogP contribution in [0.25, 0.3) is 0 Å². The maximum atomic E-state index is 3.63. The Bertz CT molecular complexity index is 167. The van der Waals surface area contributed by atoms with Gasteiger partial charge in [-0.15, -0.1) is 0 Å². The Morgan fingerprint density at radius 3 is 2.00 bits per heavy atom. The van der Waals surface area contributed by atoms with E-state index in [1.165, 1.54) is 25.8 Å². The number of nitrogens with one attached hydrogen (secondary N) is 1. The van der Waals surface area contributed by atoms with E-state index in [4.69, 9.17) is 0 Å². The first kappa shape index (κ1) is 16.0. The first-order valence-corrected chi connectivity index (χ1v) is 6.94. The minimum absolute atomic E-state index is 0.475. The van der Waals surface area contributed by atoms with Crippen molar-refractivity contribution in [2.24, 2.45) is 17.3 Å². The van der Waals surface area contributed by atoms with Crippen molar-refractivity contribution in [3.8, 4) is 0 Å². The fourth-order valence-corrected chi connectivity index (χ4v) is 2.51. The molecule has 0 aliphatic heterocycles. The van der Waals surface area contributed by atoms with Crippen molar-refractivity contribution in [3.63, 3.8) is 0 Å². The molecule has 0 aromatic rings. The minimum Gasteiger partial charge on any atom is -0.314 e. The van der Waals surface area contributed by atoms with Crippen molar-refractivity contribution >= 4 is 0 Å². The zero-order valence-corrected chi connectivity index (χ0v) is 12.6. The Morgan fingerprint density at radius 1 is 1.00 bits per heavy atom. The molecule has 0 spiro atoms. The van der Waals surface area contributed by atoms with Gasteiger partial charge in [-0.3, -0.25) is 0 Å². The summed E-state index contributed by atoms with van der Waals surface area (Å²) in [5, 5.41) is 3.63. The maximum absolute atomic E-state index is 3.63. The zero-order valence-electron chi connectivity index (χ0n) is 12.6. The number of rotatable bonds is 7. The van der Waals surface area contributed by atoms with E-state index >= 15 is 0 Å².